The molecule has 1 saturated heterocycles. The van der Waals surface area contributed by atoms with E-state index in [0.29, 0.717) is 30.1 Å². The second kappa shape index (κ2) is 6.78. The Hall–Kier alpha value is -1.78. The molecule has 0 aliphatic carbocycles. The van der Waals surface area contributed by atoms with Gasteiger partial charge in [0.1, 0.15) is 21.5 Å². The Morgan fingerprint density at radius 2 is 2.38 bits per heavy atom. The number of thiophene rings is 1. The van der Waals surface area contributed by atoms with Crippen molar-refractivity contribution in [2.45, 2.75) is 26.4 Å². The molecule has 0 bridgehead atoms. The van der Waals surface area contributed by atoms with Gasteiger partial charge in [0.2, 0.25) is 0 Å². The summed E-state index contributed by atoms with van der Waals surface area (Å²) in [7, 11) is 0. The van der Waals surface area contributed by atoms with Crippen LogP contribution in [0, 0.1) is 11.3 Å². The molecule has 1 aliphatic rings. The molecule has 0 radical (unpaired) electrons. The summed E-state index contributed by atoms with van der Waals surface area (Å²) in [5.41, 5.74) is 6.53. The number of carbonyl (C=O) groups is 1. The number of nitrogen functional groups attached to an aromatic ring is 1. The highest BCUT2D eigenvalue weighted by Gasteiger charge is 2.28. The number of hydrogen-bond donors (Lipinski definition) is 1. The number of anilines is 2. The van der Waals surface area contributed by atoms with E-state index in [2.05, 4.69) is 17.9 Å². The first kappa shape index (κ1) is 15.6. The smallest absolute Gasteiger partial charge is 0.350 e. The van der Waals surface area contributed by atoms with Crippen molar-refractivity contribution in [3.05, 3.63) is 10.4 Å². The topological polar surface area (TPSA) is 88.6 Å². The van der Waals surface area contributed by atoms with Crippen LogP contribution < -0.4 is 10.6 Å². The van der Waals surface area contributed by atoms with Crippen molar-refractivity contribution < 1.29 is 14.3 Å². The Bertz CT molecular complexity index is 565. The molecule has 114 valence electrons. The van der Waals surface area contributed by atoms with E-state index in [-0.39, 0.29) is 18.4 Å². The molecule has 1 aliphatic heterocycles. The number of esters is 1. The van der Waals surface area contributed by atoms with Gasteiger partial charge in [-0.3, -0.25) is 0 Å². The van der Waals surface area contributed by atoms with Gasteiger partial charge in [-0.2, -0.15) is 5.26 Å². The summed E-state index contributed by atoms with van der Waals surface area (Å²) < 4.78 is 10.6. The van der Waals surface area contributed by atoms with Crippen LogP contribution in [0.1, 0.15) is 35.5 Å². The molecule has 0 saturated carbocycles. The molecule has 1 aromatic heterocycles. The quantitative estimate of drug-likeness (QED) is 0.856. The van der Waals surface area contributed by atoms with E-state index in [9.17, 15) is 10.1 Å². The van der Waals surface area contributed by atoms with E-state index in [4.69, 9.17) is 15.2 Å². The van der Waals surface area contributed by atoms with E-state index in [0.717, 1.165) is 11.4 Å². The van der Waals surface area contributed by atoms with Crippen LogP contribution in [0.2, 0.25) is 0 Å². The lowest BCUT2D eigenvalue weighted by atomic mass is 10.2. The van der Waals surface area contributed by atoms with Gasteiger partial charge in [-0.05, 0) is 13.3 Å². The van der Waals surface area contributed by atoms with Crippen molar-refractivity contribution in [3.63, 3.8) is 0 Å². The Labute approximate surface area is 128 Å². The first-order valence-electron chi connectivity index (χ1n) is 6.98. The number of nitrogens with zero attached hydrogens (tertiary/aromatic N) is 2. The lowest BCUT2D eigenvalue weighted by Crippen LogP contribution is -2.42. The van der Waals surface area contributed by atoms with E-state index in [1.165, 1.54) is 11.3 Å². The summed E-state index contributed by atoms with van der Waals surface area (Å²) in [6, 6.07) is 2.11. The average molecular weight is 309 g/mol. The molecule has 1 aromatic rings. The molecule has 0 aromatic carbocycles. The minimum Gasteiger partial charge on any atom is -0.462 e. The van der Waals surface area contributed by atoms with Crippen LogP contribution in [0.3, 0.4) is 0 Å². The van der Waals surface area contributed by atoms with Gasteiger partial charge in [0, 0.05) is 13.1 Å². The minimum atomic E-state index is -0.469. The molecule has 2 N–H and O–H groups in total. The fourth-order valence-corrected chi connectivity index (χ4v) is 3.36. The zero-order valence-electron chi connectivity index (χ0n) is 12.2. The number of nitrogens with two attached hydrogens (primary N) is 1. The molecular weight excluding hydrogens is 290 g/mol. The SMILES string of the molecule is CCOC(=O)c1sc(N2CCOC(CC)C2)c(C#N)c1N. The van der Waals surface area contributed by atoms with Crippen LogP contribution in [0.25, 0.3) is 0 Å². The van der Waals surface area contributed by atoms with Crippen LogP contribution in [-0.2, 0) is 9.47 Å². The summed E-state index contributed by atoms with van der Waals surface area (Å²) in [5.74, 6) is -0.469. The second-order valence-electron chi connectivity index (χ2n) is 4.70. The van der Waals surface area contributed by atoms with Gasteiger partial charge in [0.15, 0.2) is 0 Å². The number of nitriles is 1. The first-order valence-corrected chi connectivity index (χ1v) is 7.80. The lowest BCUT2D eigenvalue weighted by molar-refractivity contribution is 0.0386. The van der Waals surface area contributed by atoms with Crippen molar-refractivity contribution in [3.8, 4) is 6.07 Å². The minimum absolute atomic E-state index is 0.139. The zero-order valence-corrected chi connectivity index (χ0v) is 13.0. The van der Waals surface area contributed by atoms with Gasteiger partial charge in [0.25, 0.3) is 0 Å². The van der Waals surface area contributed by atoms with E-state index in [1.807, 2.05) is 0 Å². The normalized spacial score (nSPS) is 18.3. The molecule has 0 amide bonds. The van der Waals surface area contributed by atoms with Gasteiger partial charge in [-0.25, -0.2) is 4.79 Å². The van der Waals surface area contributed by atoms with Crippen LogP contribution in [0.5, 0.6) is 0 Å². The summed E-state index contributed by atoms with van der Waals surface area (Å²) in [6.07, 6.45) is 1.05. The molecule has 1 atom stereocenters. The average Bonchev–Trinajstić information content (AvgIpc) is 2.84. The maximum absolute atomic E-state index is 11.9. The molecular formula is C14H19N3O3S. The highest BCUT2D eigenvalue weighted by Crippen LogP contribution is 2.39. The fraction of sp³-hybridized carbons (Fsp3) is 0.571. The van der Waals surface area contributed by atoms with Crippen LogP contribution in [0.4, 0.5) is 10.7 Å². The number of carbonyl (C=O) groups excluding carboxylic acids is 1. The Morgan fingerprint density at radius 3 is 3.00 bits per heavy atom. The highest BCUT2D eigenvalue weighted by atomic mass is 32.1. The maximum atomic E-state index is 11.9. The first-order chi connectivity index (χ1) is 10.1. The van der Waals surface area contributed by atoms with Crippen molar-refractivity contribution >= 4 is 28.0 Å². The monoisotopic (exact) mass is 309 g/mol. The van der Waals surface area contributed by atoms with Crippen molar-refractivity contribution in [1.82, 2.24) is 0 Å². The molecule has 21 heavy (non-hydrogen) atoms. The number of ether oxygens (including phenoxy) is 2. The van der Waals surface area contributed by atoms with Crippen molar-refractivity contribution in [2.24, 2.45) is 0 Å². The molecule has 2 heterocycles. The Balaban J connectivity index is 2.33. The predicted molar refractivity (Wildman–Crippen MR) is 81.6 cm³/mol. The number of rotatable bonds is 4. The van der Waals surface area contributed by atoms with E-state index in [1.54, 1.807) is 6.92 Å². The predicted octanol–water partition coefficient (Wildman–Crippen LogP) is 1.99. The molecule has 2 rings (SSSR count). The molecule has 1 unspecified atom stereocenters. The van der Waals surface area contributed by atoms with Gasteiger partial charge >= 0.3 is 5.97 Å². The van der Waals surface area contributed by atoms with Crippen molar-refractivity contribution in [1.29, 1.82) is 5.26 Å². The summed E-state index contributed by atoms with van der Waals surface area (Å²) in [6.45, 7) is 6.08. The summed E-state index contributed by atoms with van der Waals surface area (Å²) >= 11 is 1.23. The fourth-order valence-electron chi connectivity index (χ4n) is 2.26. The lowest BCUT2D eigenvalue weighted by Gasteiger charge is -2.33. The van der Waals surface area contributed by atoms with Gasteiger partial charge in [-0.15, -0.1) is 11.3 Å². The summed E-state index contributed by atoms with van der Waals surface area (Å²) in [5, 5.41) is 10.1. The van der Waals surface area contributed by atoms with Gasteiger partial charge in [-0.1, -0.05) is 6.92 Å². The largest absolute Gasteiger partial charge is 0.462 e. The van der Waals surface area contributed by atoms with E-state index >= 15 is 0 Å². The van der Waals surface area contributed by atoms with Crippen LogP contribution in [-0.4, -0.2) is 38.4 Å². The second-order valence-corrected chi connectivity index (χ2v) is 5.70. The number of morpholine rings is 1. The van der Waals surface area contributed by atoms with Crippen LogP contribution in [0.15, 0.2) is 0 Å². The van der Waals surface area contributed by atoms with Gasteiger partial charge in [0.05, 0.1) is 25.0 Å². The third kappa shape index (κ3) is 3.12. The Kier molecular flexibility index (Phi) is 5.04. The molecule has 0 spiro atoms. The zero-order chi connectivity index (χ0) is 15.4. The standard InChI is InChI=1S/C14H19N3O3S/c1-3-9-8-17(5-6-20-9)13-10(7-15)11(16)12(21-13)14(18)19-4-2/h9H,3-6,8,16H2,1-2H3. The van der Waals surface area contributed by atoms with Crippen LogP contribution >= 0.6 is 11.3 Å². The van der Waals surface area contributed by atoms with E-state index < -0.39 is 5.97 Å². The maximum Gasteiger partial charge on any atom is 0.350 e. The molecule has 7 heteroatoms. The number of hydrogen-bond acceptors (Lipinski definition) is 7. The third-order valence-electron chi connectivity index (χ3n) is 3.38. The van der Waals surface area contributed by atoms with Crippen molar-refractivity contribution in [2.75, 3.05) is 36.9 Å². The summed E-state index contributed by atoms with van der Waals surface area (Å²) in [4.78, 5) is 14.3. The molecule has 6 nitrogen and oxygen atoms in total. The van der Waals surface area contributed by atoms with Gasteiger partial charge < -0.3 is 20.1 Å². The third-order valence-corrected chi connectivity index (χ3v) is 4.63. The molecule has 1 fully saturated rings. The Morgan fingerprint density at radius 1 is 1.62 bits per heavy atom. The highest BCUT2D eigenvalue weighted by molar-refractivity contribution is 7.18.